The number of nitrogens with one attached hydrogen (secondary N) is 2. The van der Waals surface area contributed by atoms with Crippen LogP contribution in [0.3, 0.4) is 0 Å². The molecule has 2 N–H and O–H groups in total. The number of nitrogens with zero attached hydrogens (tertiary/aromatic N) is 2. The number of benzene rings is 2. The van der Waals surface area contributed by atoms with Crippen LogP contribution >= 0.6 is 0 Å². The molecule has 0 aromatic heterocycles. The quantitative estimate of drug-likeness (QED) is 0.835. The molecule has 1 heterocycles. The number of carbonyl (C=O) groups excluding carboxylic acids is 2. The molecule has 3 amide bonds. The lowest BCUT2D eigenvalue weighted by molar-refractivity contribution is -0.119. The van der Waals surface area contributed by atoms with E-state index in [1.54, 1.807) is 49.5 Å². The van der Waals surface area contributed by atoms with Gasteiger partial charge in [-0.05, 0) is 23.6 Å². The Morgan fingerprint density at radius 2 is 1.72 bits per heavy atom. The van der Waals surface area contributed by atoms with E-state index in [2.05, 4.69) is 15.6 Å². The smallest absolute Gasteiger partial charge is 0.316 e. The summed E-state index contributed by atoms with van der Waals surface area (Å²) < 4.78 is 14.6. The van der Waals surface area contributed by atoms with E-state index in [0.29, 0.717) is 23.5 Å². The Labute approximate surface area is 169 Å². The SMILES string of the molecule is CN1C(=O)C(NC(=O)NCC(C)(C)C)N=C(c2ccccc2F)c2ccccc21. The molecule has 0 spiro atoms. The first-order chi connectivity index (χ1) is 13.7. The van der Waals surface area contributed by atoms with Gasteiger partial charge in [0.1, 0.15) is 5.82 Å². The summed E-state index contributed by atoms with van der Waals surface area (Å²) in [6, 6.07) is 12.9. The number of hydrogen-bond donors (Lipinski definition) is 2. The van der Waals surface area contributed by atoms with Crippen molar-refractivity contribution in [2.45, 2.75) is 26.9 Å². The number of fused-ring (bicyclic) bond motifs is 1. The molecule has 0 saturated heterocycles. The molecule has 7 heteroatoms. The van der Waals surface area contributed by atoms with E-state index >= 15 is 0 Å². The normalized spacial score (nSPS) is 16.6. The van der Waals surface area contributed by atoms with Crippen LogP contribution in [-0.4, -0.2) is 37.4 Å². The van der Waals surface area contributed by atoms with Gasteiger partial charge in [-0.15, -0.1) is 0 Å². The van der Waals surface area contributed by atoms with Crippen molar-refractivity contribution in [1.29, 1.82) is 0 Å². The lowest BCUT2D eigenvalue weighted by atomic mass is 9.97. The average Bonchev–Trinajstić information content (AvgIpc) is 2.77. The van der Waals surface area contributed by atoms with Gasteiger partial charge in [-0.25, -0.2) is 14.2 Å². The van der Waals surface area contributed by atoms with Crippen molar-refractivity contribution < 1.29 is 14.0 Å². The van der Waals surface area contributed by atoms with E-state index in [1.807, 2.05) is 20.8 Å². The Kier molecular flexibility index (Phi) is 5.68. The summed E-state index contributed by atoms with van der Waals surface area (Å²) in [7, 11) is 1.61. The van der Waals surface area contributed by atoms with Crippen molar-refractivity contribution in [2.24, 2.45) is 10.4 Å². The van der Waals surface area contributed by atoms with Crippen molar-refractivity contribution in [2.75, 3.05) is 18.5 Å². The van der Waals surface area contributed by atoms with E-state index in [1.165, 1.54) is 11.0 Å². The maximum absolute atomic E-state index is 14.6. The Bertz CT molecular complexity index is 965. The largest absolute Gasteiger partial charge is 0.338 e. The van der Waals surface area contributed by atoms with Crippen LogP contribution in [0, 0.1) is 11.2 Å². The maximum Gasteiger partial charge on any atom is 0.316 e. The van der Waals surface area contributed by atoms with Crippen molar-refractivity contribution >= 4 is 23.3 Å². The molecule has 0 fully saturated rings. The second kappa shape index (κ2) is 8.03. The lowest BCUT2D eigenvalue weighted by Gasteiger charge is -2.22. The Morgan fingerprint density at radius 1 is 1.10 bits per heavy atom. The molecule has 2 aromatic rings. The molecule has 3 rings (SSSR count). The number of halogens is 1. The van der Waals surface area contributed by atoms with Crippen LogP contribution in [0.5, 0.6) is 0 Å². The minimum atomic E-state index is -1.18. The highest BCUT2D eigenvalue weighted by Gasteiger charge is 2.31. The average molecular weight is 396 g/mol. The predicted octanol–water partition coefficient (Wildman–Crippen LogP) is 3.31. The molecule has 0 radical (unpaired) electrons. The van der Waals surface area contributed by atoms with Gasteiger partial charge in [-0.1, -0.05) is 51.1 Å². The van der Waals surface area contributed by atoms with E-state index in [9.17, 15) is 14.0 Å². The summed E-state index contributed by atoms with van der Waals surface area (Å²) >= 11 is 0. The van der Waals surface area contributed by atoms with Crippen LogP contribution in [-0.2, 0) is 4.79 Å². The predicted molar refractivity (Wildman–Crippen MR) is 112 cm³/mol. The van der Waals surface area contributed by atoms with Crippen molar-refractivity contribution in [1.82, 2.24) is 10.6 Å². The monoisotopic (exact) mass is 396 g/mol. The first kappa shape index (κ1) is 20.5. The molecule has 1 aliphatic heterocycles. The standard InChI is InChI=1S/C22H25FN4O2/c1-22(2,3)13-24-21(29)26-19-20(28)27(4)17-12-8-6-10-15(17)18(25-19)14-9-5-7-11-16(14)23/h5-12,19H,13H2,1-4H3,(H2,24,26,29). The molecule has 0 saturated carbocycles. The first-order valence-corrected chi connectivity index (χ1v) is 9.41. The third-order valence-electron chi connectivity index (χ3n) is 4.52. The van der Waals surface area contributed by atoms with E-state index in [-0.39, 0.29) is 11.0 Å². The molecular weight excluding hydrogens is 371 g/mol. The number of likely N-dealkylation sites (N-methyl/N-ethyl adjacent to an activating group) is 1. The van der Waals surface area contributed by atoms with Crippen molar-refractivity contribution in [3.63, 3.8) is 0 Å². The Hall–Kier alpha value is -3.22. The lowest BCUT2D eigenvalue weighted by Crippen LogP contribution is -2.50. The summed E-state index contributed by atoms with van der Waals surface area (Å²) in [6.07, 6.45) is -1.18. The van der Waals surface area contributed by atoms with Crippen LogP contribution in [0.25, 0.3) is 0 Å². The van der Waals surface area contributed by atoms with Gasteiger partial charge in [0.25, 0.3) is 5.91 Å². The summed E-state index contributed by atoms with van der Waals surface area (Å²) in [5.74, 6) is -0.858. The van der Waals surface area contributed by atoms with Gasteiger partial charge in [0.15, 0.2) is 0 Å². The molecule has 2 aromatic carbocycles. The zero-order chi connectivity index (χ0) is 21.2. The molecule has 1 unspecified atom stereocenters. The number of urea groups is 1. The highest BCUT2D eigenvalue weighted by molar-refractivity contribution is 6.20. The van der Waals surface area contributed by atoms with E-state index < -0.39 is 23.9 Å². The fraction of sp³-hybridized carbons (Fsp3) is 0.318. The molecule has 6 nitrogen and oxygen atoms in total. The van der Waals surface area contributed by atoms with Gasteiger partial charge in [0.05, 0.1) is 11.4 Å². The zero-order valence-corrected chi connectivity index (χ0v) is 17.0. The number of amides is 3. The summed E-state index contributed by atoms with van der Waals surface area (Å²) in [5.41, 5.74) is 1.69. The van der Waals surface area contributed by atoms with E-state index in [4.69, 9.17) is 0 Å². The van der Waals surface area contributed by atoms with Gasteiger partial charge in [0, 0.05) is 24.7 Å². The Balaban J connectivity index is 2.02. The minimum absolute atomic E-state index is 0.112. The van der Waals surface area contributed by atoms with Crippen LogP contribution in [0.2, 0.25) is 0 Å². The summed E-state index contributed by atoms with van der Waals surface area (Å²) in [6.45, 7) is 6.40. The van der Waals surface area contributed by atoms with Gasteiger partial charge < -0.3 is 15.5 Å². The van der Waals surface area contributed by atoms with Crippen LogP contribution in [0.15, 0.2) is 53.5 Å². The molecule has 0 aliphatic carbocycles. The van der Waals surface area contributed by atoms with Crippen LogP contribution < -0.4 is 15.5 Å². The number of carbonyl (C=O) groups is 2. The van der Waals surface area contributed by atoms with Gasteiger partial charge >= 0.3 is 6.03 Å². The molecule has 1 atom stereocenters. The third kappa shape index (κ3) is 4.62. The van der Waals surface area contributed by atoms with Crippen molar-refractivity contribution in [3.8, 4) is 0 Å². The number of rotatable bonds is 3. The summed E-state index contributed by atoms with van der Waals surface area (Å²) in [4.78, 5) is 31.3. The summed E-state index contributed by atoms with van der Waals surface area (Å²) in [5, 5.41) is 5.36. The second-order valence-electron chi connectivity index (χ2n) is 8.16. The number of aliphatic imine (C=N–C) groups is 1. The molecule has 29 heavy (non-hydrogen) atoms. The van der Waals surface area contributed by atoms with Gasteiger partial charge in [-0.3, -0.25) is 4.79 Å². The van der Waals surface area contributed by atoms with Gasteiger partial charge in [-0.2, -0.15) is 0 Å². The van der Waals surface area contributed by atoms with Gasteiger partial charge in [0.2, 0.25) is 6.17 Å². The topological polar surface area (TPSA) is 73.8 Å². The number of hydrogen-bond acceptors (Lipinski definition) is 3. The second-order valence-corrected chi connectivity index (χ2v) is 8.16. The minimum Gasteiger partial charge on any atom is -0.338 e. The highest BCUT2D eigenvalue weighted by Crippen LogP contribution is 2.28. The van der Waals surface area contributed by atoms with E-state index in [0.717, 1.165) is 0 Å². The number of para-hydroxylation sites is 1. The molecule has 152 valence electrons. The fourth-order valence-electron chi connectivity index (χ4n) is 3.00. The first-order valence-electron chi connectivity index (χ1n) is 9.41. The molecule has 0 bridgehead atoms. The van der Waals surface area contributed by atoms with Crippen molar-refractivity contribution in [3.05, 3.63) is 65.5 Å². The third-order valence-corrected chi connectivity index (χ3v) is 4.52. The Morgan fingerprint density at radius 3 is 2.38 bits per heavy atom. The maximum atomic E-state index is 14.6. The van der Waals surface area contributed by atoms with Crippen LogP contribution in [0.1, 0.15) is 31.9 Å². The number of anilines is 1. The molecular formula is C22H25FN4O2. The fourth-order valence-corrected chi connectivity index (χ4v) is 3.00. The molecule has 1 aliphatic rings. The number of benzodiazepines with no additional fused rings is 1. The van der Waals surface area contributed by atoms with Crippen LogP contribution in [0.4, 0.5) is 14.9 Å². The zero-order valence-electron chi connectivity index (χ0n) is 17.0. The highest BCUT2D eigenvalue weighted by atomic mass is 19.1.